The molecule has 0 spiro atoms. The molecule has 2 aromatic rings. The van der Waals surface area contributed by atoms with Gasteiger partial charge in [0.2, 0.25) is 0 Å². The predicted octanol–water partition coefficient (Wildman–Crippen LogP) is 1.71. The van der Waals surface area contributed by atoms with Crippen LogP contribution in [0, 0.1) is 6.92 Å². The van der Waals surface area contributed by atoms with Crippen LogP contribution in [0.25, 0.3) is 0 Å². The first kappa shape index (κ1) is 18.8. The van der Waals surface area contributed by atoms with Crippen LogP contribution in [0.4, 0.5) is 5.69 Å². The lowest BCUT2D eigenvalue weighted by Gasteiger charge is -2.25. The van der Waals surface area contributed by atoms with Gasteiger partial charge in [0.15, 0.2) is 5.96 Å². The molecule has 1 aromatic heterocycles. The van der Waals surface area contributed by atoms with Crippen LogP contribution in [0.5, 0.6) is 0 Å². The molecule has 0 aliphatic heterocycles. The van der Waals surface area contributed by atoms with E-state index in [2.05, 4.69) is 75.6 Å². The normalized spacial score (nSPS) is 11.4. The number of anilines is 1. The molecule has 0 bridgehead atoms. The largest absolute Gasteiger partial charge is 0.370 e. The average molecular weight is 343 g/mol. The standard InChI is InChI=1S/C18H29N7/c1-5-19-18(21-13-17-22-14-23-24(17)4)20-11-12-25(6-2)16-10-8-7-9-15(16)3/h7-10,14H,5-6,11-13H2,1-4H3,(H2,19,20,21). The highest BCUT2D eigenvalue weighted by Crippen LogP contribution is 2.18. The molecule has 0 aliphatic carbocycles. The van der Waals surface area contributed by atoms with Crippen molar-refractivity contribution >= 4 is 11.6 Å². The summed E-state index contributed by atoms with van der Waals surface area (Å²) in [6.07, 6.45) is 1.55. The molecule has 1 heterocycles. The summed E-state index contributed by atoms with van der Waals surface area (Å²) in [4.78, 5) is 11.2. The number of rotatable bonds is 8. The minimum atomic E-state index is 0.501. The Hall–Kier alpha value is -2.57. The molecular formula is C18H29N7. The van der Waals surface area contributed by atoms with Crippen molar-refractivity contribution in [3.63, 3.8) is 0 Å². The second kappa shape index (κ2) is 9.66. The number of benzene rings is 1. The van der Waals surface area contributed by atoms with E-state index in [1.165, 1.54) is 11.3 Å². The Bertz CT molecular complexity index is 678. The van der Waals surface area contributed by atoms with Gasteiger partial charge in [-0.15, -0.1) is 0 Å². The molecule has 0 fully saturated rings. The van der Waals surface area contributed by atoms with Crippen molar-refractivity contribution in [2.75, 3.05) is 31.1 Å². The van der Waals surface area contributed by atoms with Gasteiger partial charge in [0.25, 0.3) is 0 Å². The summed E-state index contributed by atoms with van der Waals surface area (Å²) in [5, 5.41) is 10.7. The Morgan fingerprint density at radius 2 is 2.04 bits per heavy atom. The molecule has 0 saturated heterocycles. The summed E-state index contributed by atoms with van der Waals surface area (Å²) in [7, 11) is 1.87. The Labute approximate surface area is 150 Å². The fourth-order valence-corrected chi connectivity index (χ4v) is 2.63. The quantitative estimate of drug-likeness (QED) is 0.564. The third kappa shape index (κ3) is 5.48. The van der Waals surface area contributed by atoms with Crippen LogP contribution < -0.4 is 15.5 Å². The topological polar surface area (TPSA) is 70.4 Å². The van der Waals surface area contributed by atoms with Gasteiger partial charge in [-0.1, -0.05) is 18.2 Å². The van der Waals surface area contributed by atoms with Gasteiger partial charge in [-0.3, -0.25) is 4.68 Å². The van der Waals surface area contributed by atoms with Crippen molar-refractivity contribution in [2.45, 2.75) is 27.3 Å². The zero-order valence-electron chi connectivity index (χ0n) is 15.7. The number of nitrogens with one attached hydrogen (secondary N) is 2. The van der Waals surface area contributed by atoms with E-state index in [9.17, 15) is 0 Å². The first-order valence-corrected chi connectivity index (χ1v) is 8.81. The molecule has 136 valence electrons. The molecule has 25 heavy (non-hydrogen) atoms. The number of likely N-dealkylation sites (N-methyl/N-ethyl adjacent to an activating group) is 1. The predicted molar refractivity (Wildman–Crippen MR) is 103 cm³/mol. The fourth-order valence-electron chi connectivity index (χ4n) is 2.63. The molecule has 0 atom stereocenters. The van der Waals surface area contributed by atoms with Crippen LogP contribution in [0.2, 0.25) is 0 Å². The molecule has 7 nitrogen and oxygen atoms in total. The van der Waals surface area contributed by atoms with E-state index in [1.54, 1.807) is 11.0 Å². The molecule has 0 saturated carbocycles. The van der Waals surface area contributed by atoms with Crippen molar-refractivity contribution in [3.8, 4) is 0 Å². The first-order chi connectivity index (χ1) is 12.2. The molecular weight excluding hydrogens is 314 g/mol. The van der Waals surface area contributed by atoms with Crippen LogP contribution in [-0.2, 0) is 13.6 Å². The summed E-state index contributed by atoms with van der Waals surface area (Å²) in [5.74, 6) is 1.64. The van der Waals surface area contributed by atoms with Crippen molar-refractivity contribution < 1.29 is 0 Å². The maximum absolute atomic E-state index is 4.58. The van der Waals surface area contributed by atoms with Gasteiger partial charge in [0, 0.05) is 38.9 Å². The highest BCUT2D eigenvalue weighted by molar-refractivity contribution is 5.79. The lowest BCUT2D eigenvalue weighted by Crippen LogP contribution is -2.41. The highest BCUT2D eigenvalue weighted by atomic mass is 15.3. The molecule has 0 radical (unpaired) electrons. The van der Waals surface area contributed by atoms with Gasteiger partial charge in [-0.25, -0.2) is 9.98 Å². The van der Waals surface area contributed by atoms with Crippen molar-refractivity contribution in [1.82, 2.24) is 25.4 Å². The Balaban J connectivity index is 1.91. The summed E-state index contributed by atoms with van der Waals surface area (Å²) >= 11 is 0. The molecule has 0 amide bonds. The number of nitrogens with zero attached hydrogens (tertiary/aromatic N) is 5. The van der Waals surface area contributed by atoms with Gasteiger partial charge in [-0.2, -0.15) is 5.10 Å². The third-order valence-corrected chi connectivity index (χ3v) is 4.04. The van der Waals surface area contributed by atoms with Crippen LogP contribution in [0.3, 0.4) is 0 Å². The highest BCUT2D eigenvalue weighted by Gasteiger charge is 2.07. The van der Waals surface area contributed by atoms with E-state index in [0.717, 1.165) is 38.0 Å². The van der Waals surface area contributed by atoms with Crippen molar-refractivity contribution in [2.24, 2.45) is 12.0 Å². The zero-order chi connectivity index (χ0) is 18.1. The van der Waals surface area contributed by atoms with E-state index < -0.39 is 0 Å². The van der Waals surface area contributed by atoms with Gasteiger partial charge in [0.05, 0.1) is 0 Å². The molecule has 0 unspecified atom stereocenters. The molecule has 2 N–H and O–H groups in total. The number of hydrogen-bond donors (Lipinski definition) is 2. The van der Waals surface area contributed by atoms with E-state index in [4.69, 9.17) is 0 Å². The van der Waals surface area contributed by atoms with Gasteiger partial charge in [0.1, 0.15) is 18.7 Å². The summed E-state index contributed by atoms with van der Waals surface area (Å²) < 4.78 is 1.74. The van der Waals surface area contributed by atoms with Crippen LogP contribution >= 0.6 is 0 Å². The van der Waals surface area contributed by atoms with Crippen LogP contribution in [0.1, 0.15) is 25.2 Å². The number of aliphatic imine (C=N–C) groups is 1. The maximum Gasteiger partial charge on any atom is 0.191 e. The average Bonchev–Trinajstić information content (AvgIpc) is 3.02. The van der Waals surface area contributed by atoms with Gasteiger partial charge >= 0.3 is 0 Å². The van der Waals surface area contributed by atoms with Gasteiger partial charge < -0.3 is 15.5 Å². The second-order valence-electron chi connectivity index (χ2n) is 5.79. The minimum absolute atomic E-state index is 0.501. The van der Waals surface area contributed by atoms with E-state index in [-0.39, 0.29) is 0 Å². The van der Waals surface area contributed by atoms with E-state index in [1.807, 2.05) is 7.05 Å². The van der Waals surface area contributed by atoms with Crippen molar-refractivity contribution in [1.29, 1.82) is 0 Å². The van der Waals surface area contributed by atoms with E-state index in [0.29, 0.717) is 6.54 Å². The molecule has 0 aliphatic rings. The number of aromatic nitrogens is 3. The van der Waals surface area contributed by atoms with Crippen molar-refractivity contribution in [3.05, 3.63) is 42.0 Å². The Kier molecular flexibility index (Phi) is 7.25. The Morgan fingerprint density at radius 3 is 2.68 bits per heavy atom. The fraction of sp³-hybridized carbons (Fsp3) is 0.500. The smallest absolute Gasteiger partial charge is 0.191 e. The minimum Gasteiger partial charge on any atom is -0.370 e. The first-order valence-electron chi connectivity index (χ1n) is 8.81. The number of aryl methyl sites for hydroxylation is 2. The van der Waals surface area contributed by atoms with Crippen LogP contribution in [0.15, 0.2) is 35.6 Å². The van der Waals surface area contributed by atoms with E-state index >= 15 is 0 Å². The van der Waals surface area contributed by atoms with Crippen LogP contribution in [-0.4, -0.2) is 46.9 Å². The third-order valence-electron chi connectivity index (χ3n) is 4.04. The number of para-hydroxylation sites is 1. The zero-order valence-corrected chi connectivity index (χ0v) is 15.7. The summed E-state index contributed by atoms with van der Waals surface area (Å²) in [6.45, 7) is 10.4. The molecule has 1 aromatic carbocycles. The summed E-state index contributed by atoms with van der Waals surface area (Å²) in [6, 6.07) is 8.49. The Morgan fingerprint density at radius 1 is 1.24 bits per heavy atom. The number of guanidine groups is 1. The summed E-state index contributed by atoms with van der Waals surface area (Å²) in [5.41, 5.74) is 2.58. The number of hydrogen-bond acceptors (Lipinski definition) is 4. The van der Waals surface area contributed by atoms with Gasteiger partial charge in [-0.05, 0) is 32.4 Å². The molecule has 7 heteroatoms. The lowest BCUT2D eigenvalue weighted by atomic mass is 10.2. The maximum atomic E-state index is 4.58. The monoisotopic (exact) mass is 343 g/mol. The SMILES string of the molecule is CCNC(=NCc1ncnn1C)NCCN(CC)c1ccccc1C. The second-order valence-corrected chi connectivity index (χ2v) is 5.79. The molecule has 2 rings (SSSR count). The lowest BCUT2D eigenvalue weighted by molar-refractivity contribution is 0.695.